The average Bonchev–Trinajstić information content (AvgIpc) is 2.74. The first-order valence-electron chi connectivity index (χ1n) is 5.91. The molecule has 0 aliphatic carbocycles. The van der Waals surface area contributed by atoms with Gasteiger partial charge in [0.15, 0.2) is 0 Å². The minimum absolute atomic E-state index is 0.765. The molecule has 1 atom stereocenters. The van der Waals surface area contributed by atoms with Crippen LogP contribution in [-0.4, -0.2) is 24.2 Å². The Morgan fingerprint density at radius 3 is 2.65 bits per heavy atom. The normalized spacial score (nSPS) is 20.1. The third-order valence-corrected chi connectivity index (χ3v) is 3.10. The first kappa shape index (κ1) is 11.7. The number of rotatable bonds is 3. The zero-order chi connectivity index (χ0) is 12.3. The van der Waals surface area contributed by atoms with Gasteiger partial charge in [0, 0.05) is 24.9 Å². The Morgan fingerprint density at radius 2 is 2.12 bits per heavy atom. The number of carbonyl (C=O) groups is 1. The van der Waals surface area contributed by atoms with Crippen molar-refractivity contribution in [3.63, 3.8) is 0 Å². The van der Waals surface area contributed by atoms with Gasteiger partial charge in [0.25, 0.3) is 0 Å². The molecule has 90 valence electrons. The third-order valence-electron chi connectivity index (χ3n) is 3.10. The molecule has 1 fully saturated rings. The molecule has 1 aliphatic heterocycles. The second-order valence-corrected chi connectivity index (χ2v) is 4.60. The Labute approximate surface area is 101 Å². The molecule has 3 nitrogen and oxygen atoms in total. The fraction of sp³-hybridized carbons (Fsp3) is 0.357. The molecule has 1 heterocycles. The maximum atomic E-state index is 10.4. The van der Waals surface area contributed by atoms with Crippen LogP contribution in [0.3, 0.4) is 0 Å². The predicted octanol–water partition coefficient (Wildman–Crippen LogP) is 2.63. The van der Waals surface area contributed by atoms with Crippen molar-refractivity contribution in [1.29, 1.82) is 0 Å². The van der Waals surface area contributed by atoms with Gasteiger partial charge in [-0.1, -0.05) is 19.1 Å². The second-order valence-electron chi connectivity index (χ2n) is 4.60. The lowest BCUT2D eigenvalue weighted by Gasteiger charge is -2.18. The van der Waals surface area contributed by atoms with Gasteiger partial charge in [0.2, 0.25) is 0 Å². The molecule has 1 aromatic rings. The highest BCUT2D eigenvalue weighted by Gasteiger charge is 2.18. The minimum Gasteiger partial charge on any atom is -0.478 e. The molecule has 0 bridgehead atoms. The molecule has 1 saturated heterocycles. The van der Waals surface area contributed by atoms with Gasteiger partial charge in [0.05, 0.1) is 0 Å². The van der Waals surface area contributed by atoms with Gasteiger partial charge >= 0.3 is 5.97 Å². The van der Waals surface area contributed by atoms with E-state index in [1.807, 2.05) is 12.1 Å². The van der Waals surface area contributed by atoms with Crippen molar-refractivity contribution in [3.05, 3.63) is 35.9 Å². The Morgan fingerprint density at radius 1 is 1.41 bits per heavy atom. The van der Waals surface area contributed by atoms with Crippen molar-refractivity contribution in [2.75, 3.05) is 18.0 Å². The summed E-state index contributed by atoms with van der Waals surface area (Å²) in [4.78, 5) is 12.8. The molecule has 17 heavy (non-hydrogen) atoms. The van der Waals surface area contributed by atoms with Gasteiger partial charge in [-0.25, -0.2) is 4.79 Å². The Hall–Kier alpha value is -1.77. The number of carboxylic acids is 1. The van der Waals surface area contributed by atoms with Crippen molar-refractivity contribution >= 4 is 17.7 Å². The van der Waals surface area contributed by atoms with Gasteiger partial charge in [-0.2, -0.15) is 0 Å². The van der Waals surface area contributed by atoms with E-state index in [2.05, 4.69) is 24.0 Å². The number of anilines is 1. The average molecular weight is 231 g/mol. The molecule has 0 radical (unpaired) electrons. The van der Waals surface area contributed by atoms with Gasteiger partial charge in [-0.15, -0.1) is 0 Å². The Kier molecular flexibility index (Phi) is 3.47. The lowest BCUT2D eigenvalue weighted by Crippen LogP contribution is -2.18. The van der Waals surface area contributed by atoms with Crippen LogP contribution in [0, 0.1) is 5.92 Å². The molecule has 0 saturated carbocycles. The summed E-state index contributed by atoms with van der Waals surface area (Å²) in [6.07, 6.45) is 4.02. The molecule has 0 amide bonds. The van der Waals surface area contributed by atoms with E-state index in [9.17, 15) is 4.79 Å². The number of carboxylic acid groups (broad SMARTS) is 1. The number of benzene rings is 1. The van der Waals surface area contributed by atoms with Gasteiger partial charge < -0.3 is 10.0 Å². The molecule has 1 N–H and O–H groups in total. The molecule has 0 spiro atoms. The van der Waals surface area contributed by atoms with Crippen LogP contribution in [0.1, 0.15) is 18.9 Å². The van der Waals surface area contributed by atoms with Crippen LogP contribution < -0.4 is 4.90 Å². The van der Waals surface area contributed by atoms with Crippen molar-refractivity contribution in [3.8, 4) is 0 Å². The summed E-state index contributed by atoms with van der Waals surface area (Å²) >= 11 is 0. The maximum Gasteiger partial charge on any atom is 0.328 e. The number of hydrogen-bond acceptors (Lipinski definition) is 2. The summed E-state index contributed by atoms with van der Waals surface area (Å²) in [5.41, 5.74) is 2.14. The zero-order valence-electron chi connectivity index (χ0n) is 9.97. The van der Waals surface area contributed by atoms with Crippen molar-refractivity contribution in [2.24, 2.45) is 5.92 Å². The van der Waals surface area contributed by atoms with E-state index in [0.717, 1.165) is 30.6 Å². The number of aliphatic carboxylic acids is 1. The highest BCUT2D eigenvalue weighted by atomic mass is 16.4. The quantitative estimate of drug-likeness (QED) is 0.813. The smallest absolute Gasteiger partial charge is 0.328 e. The lowest BCUT2D eigenvalue weighted by atomic mass is 10.1. The molecule has 1 aliphatic rings. The summed E-state index contributed by atoms with van der Waals surface area (Å²) in [7, 11) is 0. The molecular formula is C14H17NO2. The summed E-state index contributed by atoms with van der Waals surface area (Å²) in [5.74, 6) is -0.149. The monoisotopic (exact) mass is 231 g/mol. The van der Waals surface area contributed by atoms with E-state index >= 15 is 0 Å². The fourth-order valence-corrected chi connectivity index (χ4v) is 2.13. The lowest BCUT2D eigenvalue weighted by molar-refractivity contribution is -0.131. The van der Waals surface area contributed by atoms with Crippen molar-refractivity contribution < 1.29 is 9.90 Å². The van der Waals surface area contributed by atoms with Crippen molar-refractivity contribution in [2.45, 2.75) is 13.3 Å². The predicted molar refractivity (Wildman–Crippen MR) is 69.1 cm³/mol. The van der Waals surface area contributed by atoms with Crippen LogP contribution in [0.2, 0.25) is 0 Å². The fourth-order valence-electron chi connectivity index (χ4n) is 2.13. The zero-order valence-corrected chi connectivity index (χ0v) is 9.97. The maximum absolute atomic E-state index is 10.4. The largest absolute Gasteiger partial charge is 0.478 e. The molecular weight excluding hydrogens is 214 g/mol. The standard InChI is InChI=1S/C14H17NO2/c1-11-8-9-15(10-11)13-5-2-12(3-6-13)4-7-14(16)17/h2-7,11H,8-10H2,1H3,(H,16,17). The summed E-state index contributed by atoms with van der Waals surface area (Å²) < 4.78 is 0. The first-order valence-corrected chi connectivity index (χ1v) is 5.91. The van der Waals surface area contributed by atoms with E-state index in [4.69, 9.17) is 5.11 Å². The highest BCUT2D eigenvalue weighted by molar-refractivity contribution is 5.85. The molecule has 3 heteroatoms. The Balaban J connectivity index is 2.05. The highest BCUT2D eigenvalue weighted by Crippen LogP contribution is 2.23. The molecule has 1 unspecified atom stereocenters. The molecule has 1 aromatic carbocycles. The number of hydrogen-bond donors (Lipinski definition) is 1. The van der Waals surface area contributed by atoms with E-state index in [-0.39, 0.29) is 0 Å². The topological polar surface area (TPSA) is 40.5 Å². The van der Waals surface area contributed by atoms with Crippen LogP contribution in [0.4, 0.5) is 5.69 Å². The molecule has 0 aromatic heterocycles. The third kappa shape index (κ3) is 3.09. The number of nitrogens with zero attached hydrogens (tertiary/aromatic N) is 1. The van der Waals surface area contributed by atoms with Crippen LogP contribution in [0.25, 0.3) is 6.08 Å². The van der Waals surface area contributed by atoms with Crippen LogP contribution >= 0.6 is 0 Å². The van der Waals surface area contributed by atoms with Crippen LogP contribution in [-0.2, 0) is 4.79 Å². The Bertz CT molecular complexity index is 422. The van der Waals surface area contributed by atoms with Gasteiger partial charge in [-0.05, 0) is 36.1 Å². The van der Waals surface area contributed by atoms with Gasteiger partial charge in [-0.3, -0.25) is 0 Å². The van der Waals surface area contributed by atoms with Crippen LogP contribution in [0.5, 0.6) is 0 Å². The van der Waals surface area contributed by atoms with Gasteiger partial charge in [0.1, 0.15) is 0 Å². The van der Waals surface area contributed by atoms with E-state index in [1.165, 1.54) is 12.1 Å². The molecule has 2 rings (SSSR count). The van der Waals surface area contributed by atoms with Crippen molar-refractivity contribution in [1.82, 2.24) is 0 Å². The SMILES string of the molecule is CC1CCN(c2ccc(C=CC(=O)O)cc2)C1. The van der Waals surface area contributed by atoms with E-state index in [0.29, 0.717) is 0 Å². The van der Waals surface area contributed by atoms with E-state index in [1.54, 1.807) is 6.08 Å². The summed E-state index contributed by atoms with van der Waals surface area (Å²) in [5, 5.41) is 8.54. The van der Waals surface area contributed by atoms with E-state index < -0.39 is 5.97 Å². The first-order chi connectivity index (χ1) is 8.15. The minimum atomic E-state index is -0.914. The van der Waals surface area contributed by atoms with Crippen LogP contribution in [0.15, 0.2) is 30.3 Å². The summed E-state index contributed by atoms with van der Waals surface area (Å²) in [6.45, 7) is 4.50. The summed E-state index contributed by atoms with van der Waals surface area (Å²) in [6, 6.07) is 8.02. The second kappa shape index (κ2) is 5.04.